The van der Waals surface area contributed by atoms with Crippen molar-refractivity contribution in [1.29, 1.82) is 0 Å². The molecule has 0 saturated heterocycles. The summed E-state index contributed by atoms with van der Waals surface area (Å²) in [5.41, 5.74) is 7.93. The van der Waals surface area contributed by atoms with Crippen molar-refractivity contribution in [3.8, 4) is 0 Å². The third-order valence-electron chi connectivity index (χ3n) is 3.90. The summed E-state index contributed by atoms with van der Waals surface area (Å²) in [6.07, 6.45) is 4.22. The van der Waals surface area contributed by atoms with Crippen LogP contribution in [0.2, 0.25) is 0 Å². The van der Waals surface area contributed by atoms with Gasteiger partial charge in [-0.25, -0.2) is 0 Å². The first-order valence-electron chi connectivity index (χ1n) is 10.4. The number of carbonyl (C=O) groups is 2. The molecule has 180 valence electrons. The first kappa shape index (κ1) is 36.9. The van der Waals surface area contributed by atoms with E-state index in [1.54, 1.807) is 0 Å². The number of hydrogen-bond donors (Lipinski definition) is 2. The Kier molecular flexibility index (Phi) is 30.9. The molecular weight excluding hydrogens is 494 g/mol. The minimum atomic E-state index is -0.305. The van der Waals surface area contributed by atoms with Crippen LogP contribution in [-0.2, 0) is 22.4 Å². The van der Waals surface area contributed by atoms with Crippen LogP contribution in [0.1, 0.15) is 36.8 Å². The normalized spacial score (nSPS) is 8.97. The Morgan fingerprint density at radius 3 is 1.64 bits per heavy atom. The fourth-order valence-electron chi connectivity index (χ4n) is 2.32. The number of carbonyl (C=O) groups excluding carboxylic acids is 2. The average molecular weight is 528 g/mol. The summed E-state index contributed by atoms with van der Waals surface area (Å²) in [7, 11) is 0. The molecule has 4 N–H and O–H groups in total. The van der Waals surface area contributed by atoms with Gasteiger partial charge in [0.15, 0.2) is 0 Å². The van der Waals surface area contributed by atoms with Crippen LogP contribution in [0.3, 0.4) is 0 Å². The van der Waals surface area contributed by atoms with Crippen molar-refractivity contribution in [2.24, 2.45) is 5.73 Å². The summed E-state index contributed by atoms with van der Waals surface area (Å²) >= 11 is 15.7. The van der Waals surface area contributed by atoms with Gasteiger partial charge in [-0.3, -0.25) is 9.59 Å². The van der Waals surface area contributed by atoms with Crippen LogP contribution in [0.25, 0.3) is 0 Å². The van der Waals surface area contributed by atoms with Crippen molar-refractivity contribution in [3.63, 3.8) is 0 Å². The van der Waals surface area contributed by atoms with Gasteiger partial charge in [0.05, 0.1) is 0 Å². The SMILES string of the molecule is NCCc1ccccc1.O=C(CCCCl)NCCc1ccccc1.O=C(Cl)CCCCl.[Na+].[OH-]. The molecular formula is C24H34Cl3N2NaO3. The molecule has 0 atom stereocenters. The minimum Gasteiger partial charge on any atom is -0.870 e. The number of hydrogen-bond acceptors (Lipinski definition) is 4. The Balaban J connectivity index is -0.000000432. The van der Waals surface area contributed by atoms with Gasteiger partial charge in [0, 0.05) is 31.1 Å². The summed E-state index contributed by atoms with van der Waals surface area (Å²) in [6.45, 7) is 1.44. The number of halogens is 3. The third kappa shape index (κ3) is 25.8. The number of alkyl halides is 2. The van der Waals surface area contributed by atoms with Gasteiger partial charge in [-0.15, -0.1) is 23.2 Å². The Bertz CT molecular complexity index is 696. The van der Waals surface area contributed by atoms with Crippen LogP contribution in [0.4, 0.5) is 0 Å². The van der Waals surface area contributed by atoms with E-state index in [0.717, 1.165) is 25.8 Å². The summed E-state index contributed by atoms with van der Waals surface area (Å²) in [5, 5.41) is 2.56. The van der Waals surface area contributed by atoms with Crippen molar-refractivity contribution in [1.82, 2.24) is 5.32 Å². The second kappa shape index (κ2) is 27.6. The van der Waals surface area contributed by atoms with Gasteiger partial charge in [-0.2, -0.15) is 0 Å². The van der Waals surface area contributed by atoms with Crippen LogP contribution in [0, 0.1) is 0 Å². The second-order valence-corrected chi connectivity index (χ2v) is 7.73. The van der Waals surface area contributed by atoms with Gasteiger partial charge in [0.25, 0.3) is 0 Å². The van der Waals surface area contributed by atoms with Gasteiger partial charge < -0.3 is 16.5 Å². The zero-order valence-corrected chi connectivity index (χ0v) is 23.6. The molecule has 0 aliphatic rings. The van der Waals surface area contributed by atoms with Gasteiger partial charge >= 0.3 is 29.6 Å². The summed E-state index contributed by atoms with van der Waals surface area (Å²) in [5.74, 6) is 1.15. The van der Waals surface area contributed by atoms with E-state index in [0.29, 0.717) is 37.6 Å². The molecule has 0 bridgehead atoms. The molecule has 33 heavy (non-hydrogen) atoms. The maximum Gasteiger partial charge on any atom is 1.00 e. The summed E-state index contributed by atoms with van der Waals surface area (Å²) in [6, 6.07) is 20.4. The first-order chi connectivity index (χ1) is 15.0. The summed E-state index contributed by atoms with van der Waals surface area (Å²) < 4.78 is 0. The summed E-state index contributed by atoms with van der Waals surface area (Å²) in [4.78, 5) is 21.1. The smallest absolute Gasteiger partial charge is 0.870 e. The third-order valence-corrected chi connectivity index (χ3v) is 4.62. The molecule has 0 aromatic heterocycles. The maximum absolute atomic E-state index is 11.2. The van der Waals surface area contributed by atoms with Gasteiger partial charge in [0.2, 0.25) is 11.1 Å². The monoisotopic (exact) mass is 526 g/mol. The number of amides is 1. The van der Waals surface area contributed by atoms with Crippen molar-refractivity contribution in [2.45, 2.75) is 38.5 Å². The Morgan fingerprint density at radius 2 is 1.24 bits per heavy atom. The predicted octanol–water partition coefficient (Wildman–Crippen LogP) is 2.15. The van der Waals surface area contributed by atoms with E-state index in [4.69, 9.17) is 40.5 Å². The van der Waals surface area contributed by atoms with E-state index in [2.05, 4.69) is 29.6 Å². The molecule has 0 heterocycles. The zero-order chi connectivity index (χ0) is 23.2. The van der Waals surface area contributed by atoms with Crippen molar-refractivity contribution >= 4 is 46.0 Å². The topological polar surface area (TPSA) is 102 Å². The van der Waals surface area contributed by atoms with Crippen molar-refractivity contribution in [3.05, 3.63) is 71.8 Å². The van der Waals surface area contributed by atoms with Gasteiger partial charge in [-0.1, -0.05) is 60.7 Å². The van der Waals surface area contributed by atoms with E-state index >= 15 is 0 Å². The van der Waals surface area contributed by atoms with Crippen molar-refractivity contribution < 1.29 is 44.6 Å². The molecule has 1 amide bonds. The number of benzene rings is 2. The average Bonchev–Trinajstić information content (AvgIpc) is 2.79. The first-order valence-corrected chi connectivity index (χ1v) is 11.8. The van der Waals surface area contributed by atoms with Crippen LogP contribution in [0.5, 0.6) is 0 Å². The Morgan fingerprint density at radius 1 is 0.788 bits per heavy atom. The Labute approximate surface area is 235 Å². The molecule has 0 fully saturated rings. The molecule has 9 heteroatoms. The van der Waals surface area contributed by atoms with Gasteiger partial charge in [0.1, 0.15) is 0 Å². The predicted molar refractivity (Wildman–Crippen MR) is 135 cm³/mol. The number of rotatable bonds is 11. The molecule has 0 spiro atoms. The second-order valence-electron chi connectivity index (χ2n) is 6.55. The molecule has 2 rings (SSSR count). The Hall–Kier alpha value is -0.630. The fourth-order valence-corrected chi connectivity index (χ4v) is 2.72. The molecule has 5 nitrogen and oxygen atoms in total. The number of nitrogens with one attached hydrogen (secondary N) is 1. The molecule has 0 aliphatic carbocycles. The van der Waals surface area contributed by atoms with Crippen LogP contribution in [-0.4, -0.2) is 41.5 Å². The largest absolute Gasteiger partial charge is 1.00 e. The molecule has 2 aromatic rings. The fraction of sp³-hybridized carbons (Fsp3) is 0.417. The molecule has 0 unspecified atom stereocenters. The molecule has 2 aromatic carbocycles. The van der Waals surface area contributed by atoms with Crippen LogP contribution >= 0.6 is 34.8 Å². The minimum absolute atomic E-state index is 0. The number of nitrogens with two attached hydrogens (primary N) is 1. The van der Waals surface area contributed by atoms with Crippen molar-refractivity contribution in [2.75, 3.05) is 24.8 Å². The zero-order valence-electron chi connectivity index (χ0n) is 19.3. The van der Waals surface area contributed by atoms with E-state index in [-0.39, 0.29) is 46.2 Å². The van der Waals surface area contributed by atoms with Crippen LogP contribution < -0.4 is 40.6 Å². The van der Waals surface area contributed by atoms with E-state index < -0.39 is 0 Å². The quantitative estimate of drug-likeness (QED) is 0.266. The van der Waals surface area contributed by atoms with Gasteiger partial charge in [-0.05, 0) is 55.0 Å². The van der Waals surface area contributed by atoms with E-state index in [9.17, 15) is 9.59 Å². The maximum atomic E-state index is 11.2. The van der Waals surface area contributed by atoms with E-state index in [1.807, 2.05) is 36.4 Å². The standard InChI is InChI=1S/C12H16ClNO.C8H11N.C4H6Cl2O.Na.H2O/c13-9-4-7-12(15)14-10-8-11-5-2-1-3-6-11;9-7-6-8-4-2-1-3-5-8;5-3-1-2-4(6)7;;/h1-3,5-6H,4,7-10H2,(H,14,15);1-5H,6-7,9H2;1-3H2;;1H2/q;;;+1;/p-1. The molecule has 0 saturated carbocycles. The van der Waals surface area contributed by atoms with E-state index in [1.165, 1.54) is 11.1 Å². The molecule has 0 radical (unpaired) electrons. The van der Waals surface area contributed by atoms with Crippen LogP contribution in [0.15, 0.2) is 60.7 Å². The molecule has 0 aliphatic heterocycles.